The quantitative estimate of drug-likeness (QED) is 0.266. The van der Waals surface area contributed by atoms with Crippen molar-refractivity contribution < 1.29 is 14.7 Å². The molecule has 208 valence electrons. The molecular weight excluding hydrogens is 548 g/mol. The van der Waals surface area contributed by atoms with Crippen LogP contribution in [0, 0.1) is 6.92 Å². The third kappa shape index (κ3) is 4.98. The Hall–Kier alpha value is -3.73. The van der Waals surface area contributed by atoms with Gasteiger partial charge in [-0.1, -0.05) is 23.7 Å². The first kappa shape index (κ1) is 27.8. The minimum atomic E-state index is -0.767. The molecule has 2 atom stereocenters. The fraction of sp³-hybridized carbons (Fsp3) is 0.310. The summed E-state index contributed by atoms with van der Waals surface area (Å²) < 4.78 is 1.73. The number of carbonyl (C=O) groups excluding carboxylic acids is 2. The summed E-state index contributed by atoms with van der Waals surface area (Å²) >= 11 is 7.52. The minimum Gasteiger partial charge on any atom is -0.394 e. The number of carbonyl (C=O) groups is 2. The molecule has 3 N–H and O–H groups in total. The second-order valence-electron chi connectivity index (χ2n) is 10.4. The van der Waals surface area contributed by atoms with E-state index in [9.17, 15) is 14.7 Å². The molecule has 1 aliphatic rings. The number of benzene rings is 1. The molecule has 2 amide bonds. The van der Waals surface area contributed by atoms with Crippen molar-refractivity contribution in [2.45, 2.75) is 45.3 Å². The van der Waals surface area contributed by atoms with E-state index in [0.717, 1.165) is 27.4 Å². The average molecular weight is 579 g/mol. The maximum atomic E-state index is 13.7. The van der Waals surface area contributed by atoms with Crippen molar-refractivity contribution in [1.82, 2.24) is 25.0 Å². The molecule has 9 nitrogen and oxygen atoms in total. The molecule has 1 aromatic carbocycles. The molecule has 0 bridgehead atoms. The van der Waals surface area contributed by atoms with Gasteiger partial charge in [0.1, 0.15) is 17.7 Å². The summed E-state index contributed by atoms with van der Waals surface area (Å²) in [5, 5.41) is 20.8. The van der Waals surface area contributed by atoms with Crippen LogP contribution in [0.15, 0.2) is 54.9 Å². The number of fused-ring (bicyclic) bond motifs is 1. The largest absolute Gasteiger partial charge is 0.394 e. The molecule has 3 aromatic heterocycles. The highest BCUT2D eigenvalue weighted by Gasteiger charge is 2.48. The van der Waals surface area contributed by atoms with Gasteiger partial charge in [-0.25, -0.2) is 4.98 Å². The van der Waals surface area contributed by atoms with Gasteiger partial charge in [0.25, 0.3) is 5.91 Å². The topological polar surface area (TPSA) is 112 Å². The van der Waals surface area contributed by atoms with Crippen LogP contribution in [0.25, 0.3) is 10.4 Å². The Morgan fingerprint density at radius 2 is 2.00 bits per heavy atom. The van der Waals surface area contributed by atoms with E-state index in [1.165, 1.54) is 11.3 Å². The second-order valence-corrected chi connectivity index (χ2v) is 11.9. The van der Waals surface area contributed by atoms with Crippen molar-refractivity contribution in [3.05, 3.63) is 81.4 Å². The Labute approximate surface area is 241 Å². The number of anilines is 2. The van der Waals surface area contributed by atoms with Gasteiger partial charge in [-0.05, 0) is 68.7 Å². The first-order chi connectivity index (χ1) is 19.0. The highest BCUT2D eigenvalue weighted by Crippen LogP contribution is 2.47. The molecule has 4 heterocycles. The van der Waals surface area contributed by atoms with E-state index in [4.69, 9.17) is 11.6 Å². The lowest BCUT2D eigenvalue weighted by atomic mass is 9.94. The highest BCUT2D eigenvalue weighted by molar-refractivity contribution is 7.17. The van der Waals surface area contributed by atoms with Gasteiger partial charge < -0.3 is 20.6 Å². The molecule has 11 heteroatoms. The molecular formula is C29H31ClN6O3S. The Morgan fingerprint density at radius 1 is 1.23 bits per heavy atom. The smallest absolute Gasteiger partial charge is 0.265 e. The van der Waals surface area contributed by atoms with Gasteiger partial charge in [-0.3, -0.25) is 14.3 Å². The van der Waals surface area contributed by atoms with E-state index in [1.807, 2.05) is 52.2 Å². The maximum absolute atomic E-state index is 13.7. The molecule has 0 spiro atoms. The van der Waals surface area contributed by atoms with Crippen molar-refractivity contribution in [2.24, 2.45) is 7.05 Å². The Morgan fingerprint density at radius 3 is 2.65 bits per heavy atom. The molecule has 5 rings (SSSR count). The van der Waals surface area contributed by atoms with Crippen LogP contribution in [-0.2, 0) is 17.4 Å². The number of hydrogen-bond acceptors (Lipinski definition) is 7. The van der Waals surface area contributed by atoms with E-state index in [2.05, 4.69) is 20.7 Å². The van der Waals surface area contributed by atoms with Gasteiger partial charge >= 0.3 is 0 Å². The van der Waals surface area contributed by atoms with Gasteiger partial charge in [-0.15, -0.1) is 11.3 Å². The van der Waals surface area contributed by atoms with Crippen LogP contribution in [-0.4, -0.2) is 49.2 Å². The molecule has 4 aromatic rings. The summed E-state index contributed by atoms with van der Waals surface area (Å²) in [5.74, 6) is 0.941. The summed E-state index contributed by atoms with van der Waals surface area (Å²) in [6, 6.07) is 11.5. The zero-order valence-electron chi connectivity index (χ0n) is 22.9. The van der Waals surface area contributed by atoms with Crippen LogP contribution in [0.4, 0.5) is 11.6 Å². The predicted octanol–water partition coefficient (Wildman–Crippen LogP) is 5.18. The van der Waals surface area contributed by atoms with Gasteiger partial charge in [0, 0.05) is 34.8 Å². The summed E-state index contributed by atoms with van der Waals surface area (Å²) in [4.78, 5) is 34.8. The molecule has 0 saturated heterocycles. The number of hydrogen-bond donors (Lipinski definition) is 3. The number of aliphatic hydroxyl groups is 1. The van der Waals surface area contributed by atoms with Crippen LogP contribution in [0.5, 0.6) is 0 Å². The van der Waals surface area contributed by atoms with Gasteiger partial charge in [0.05, 0.1) is 29.3 Å². The van der Waals surface area contributed by atoms with E-state index >= 15 is 0 Å². The predicted molar refractivity (Wildman–Crippen MR) is 157 cm³/mol. The van der Waals surface area contributed by atoms with Crippen LogP contribution in [0.2, 0.25) is 5.02 Å². The third-order valence-corrected chi connectivity index (χ3v) is 8.76. The number of nitrogens with zero attached hydrogens (tertiary/aromatic N) is 4. The number of rotatable bonds is 8. The van der Waals surface area contributed by atoms with Crippen molar-refractivity contribution in [1.29, 1.82) is 0 Å². The van der Waals surface area contributed by atoms with Crippen LogP contribution < -0.4 is 10.6 Å². The van der Waals surface area contributed by atoms with Crippen LogP contribution in [0.3, 0.4) is 0 Å². The highest BCUT2D eigenvalue weighted by atomic mass is 35.5. The number of thiophene rings is 1. The lowest BCUT2D eigenvalue weighted by Gasteiger charge is -2.37. The molecule has 0 radical (unpaired) electrons. The summed E-state index contributed by atoms with van der Waals surface area (Å²) in [6.45, 7) is 7.31. The Kier molecular flexibility index (Phi) is 7.43. The number of amides is 2. The van der Waals surface area contributed by atoms with Crippen molar-refractivity contribution >= 4 is 46.4 Å². The Balaban J connectivity index is 1.38. The van der Waals surface area contributed by atoms with E-state index in [0.29, 0.717) is 21.3 Å². The summed E-state index contributed by atoms with van der Waals surface area (Å²) in [7, 11) is 1.85. The zero-order valence-corrected chi connectivity index (χ0v) is 24.5. The van der Waals surface area contributed by atoms with Crippen molar-refractivity contribution in [2.75, 3.05) is 11.9 Å². The second kappa shape index (κ2) is 10.7. The fourth-order valence-corrected chi connectivity index (χ4v) is 6.67. The Bertz CT molecular complexity index is 1600. The van der Waals surface area contributed by atoms with Gasteiger partial charge in [0.2, 0.25) is 5.91 Å². The number of pyridine rings is 1. The zero-order chi connectivity index (χ0) is 28.8. The molecule has 0 fully saturated rings. The molecule has 0 unspecified atom stereocenters. The van der Waals surface area contributed by atoms with Crippen LogP contribution in [0.1, 0.15) is 53.2 Å². The maximum Gasteiger partial charge on any atom is 0.265 e. The molecule has 1 aliphatic heterocycles. The monoisotopic (exact) mass is 578 g/mol. The SMILES string of the molecule is Cc1cnc(Nc2ccnn2C)cc1-c1cc2c(s1)C(=O)N([C@@H](C)C(=O)N[C@H](CO)c1cccc(Cl)c1)C2(C)C. The van der Waals surface area contributed by atoms with Gasteiger partial charge in [0.15, 0.2) is 0 Å². The van der Waals surface area contributed by atoms with Crippen molar-refractivity contribution in [3.8, 4) is 10.4 Å². The molecule has 0 saturated carbocycles. The van der Waals surface area contributed by atoms with E-state index < -0.39 is 17.6 Å². The first-order valence-corrected chi connectivity index (χ1v) is 14.1. The normalized spacial score (nSPS) is 15.6. The number of halogens is 1. The van der Waals surface area contributed by atoms with Gasteiger partial charge in [-0.2, -0.15) is 5.10 Å². The van der Waals surface area contributed by atoms with Crippen molar-refractivity contribution in [3.63, 3.8) is 0 Å². The lowest BCUT2D eigenvalue weighted by Crippen LogP contribution is -2.52. The first-order valence-electron chi connectivity index (χ1n) is 12.9. The number of aliphatic hydroxyl groups excluding tert-OH is 1. The number of aryl methyl sites for hydroxylation is 2. The van der Waals surface area contributed by atoms with Crippen LogP contribution >= 0.6 is 22.9 Å². The fourth-order valence-electron chi connectivity index (χ4n) is 5.14. The standard InChI is InChI=1S/C29H31ClN6O3S/c1-16-14-31-24(34-25-9-10-32-35(25)5)12-20(16)23-13-21-26(40-23)28(39)36(29(21,3)4)17(2)27(38)33-22(15-37)18-7-6-8-19(30)11-18/h6-14,17,22,37H,15H2,1-5H3,(H,31,34)(H,33,38)/t17-,22+/m0/s1. The summed E-state index contributed by atoms with van der Waals surface area (Å²) in [6.07, 6.45) is 3.52. The number of nitrogens with one attached hydrogen (secondary N) is 2. The van der Waals surface area contributed by atoms with E-state index in [1.54, 1.807) is 47.0 Å². The molecule has 40 heavy (non-hydrogen) atoms. The molecule has 0 aliphatic carbocycles. The lowest BCUT2D eigenvalue weighted by molar-refractivity contribution is -0.127. The summed E-state index contributed by atoms with van der Waals surface area (Å²) in [5.41, 5.74) is 2.81. The van der Waals surface area contributed by atoms with E-state index in [-0.39, 0.29) is 18.4 Å². The minimum absolute atomic E-state index is 0.192. The third-order valence-electron chi connectivity index (χ3n) is 7.37. The number of aromatic nitrogens is 3. The average Bonchev–Trinajstić information content (AvgIpc) is 3.59.